The van der Waals surface area contributed by atoms with Crippen molar-refractivity contribution in [2.45, 2.75) is 608 Å². The number of nitrogens with zero attached hydrogens (tertiary/aromatic N) is 2. The summed E-state index contributed by atoms with van der Waals surface area (Å²) in [7, 11) is 0. The van der Waals surface area contributed by atoms with E-state index in [0.29, 0.717) is 0 Å². The standard InChI is InChI=1S/C60H100N2.2C26H53.Pd/c1-7-13-19-20-21-22-23-24-25-26-27-28-29-30-31-32-33-34-35-36-37-38-44-58-57(43-18-12-6)59(55-47-51(39-14-8-2)45-52(48-55)40-15-9-3)62(61)60(58)56-49-53(41-16-10-4)46-54(50-56)42-17-11-5;2*1-3-5-7-9-11-13-15-17-19-21-23-25-26-24-22-20-18-16-14-12-10-8-6-4-2;/h45-50H,7-44H2,1-6H3;2*1,3-26H2,2H3;/q;2*-1;+2. The fraction of sp³-hybridized carbons (Fsp3) is 0.839. The van der Waals surface area contributed by atoms with Gasteiger partial charge in [-0.2, -0.15) is 12.8 Å². The van der Waals surface area contributed by atoms with Crippen LogP contribution >= 0.6 is 0 Å². The predicted molar refractivity (Wildman–Crippen MR) is 520 cm³/mol. The second kappa shape index (κ2) is 91.4. The molecule has 3 rings (SSSR count). The third kappa shape index (κ3) is 69.3. The van der Waals surface area contributed by atoms with Crippen molar-refractivity contribution >= 4 is 11.4 Å². The van der Waals surface area contributed by atoms with Gasteiger partial charge in [-0.15, -0.1) is 0 Å². The van der Waals surface area contributed by atoms with Crippen molar-refractivity contribution in [3.05, 3.63) is 100 Å². The Morgan fingerprint density at radius 1 is 0.183 bits per heavy atom. The van der Waals surface area contributed by atoms with E-state index in [1.54, 1.807) is 4.70 Å². The van der Waals surface area contributed by atoms with Crippen LogP contribution in [-0.4, -0.2) is 4.70 Å². The molecule has 0 unspecified atom stereocenters. The summed E-state index contributed by atoms with van der Waals surface area (Å²) < 4.78 is 1.68. The fourth-order valence-electron chi connectivity index (χ4n) is 17.9. The molecule has 0 radical (unpaired) electrons. The van der Waals surface area contributed by atoms with Gasteiger partial charge in [-0.1, -0.05) is 530 Å². The molecular formula is C112H206N2Pd. The Hall–Kier alpha value is -1.82. The average Bonchev–Trinajstić information content (AvgIpc) is 1.60. The largest absolute Gasteiger partial charge is 2.00 e. The molecule has 0 fully saturated rings. The Kier molecular flexibility index (Phi) is 89.9. The van der Waals surface area contributed by atoms with Crippen LogP contribution in [0.4, 0.5) is 0 Å². The molecule has 0 bridgehead atoms. The molecule has 2 aromatic rings. The number of aryl methyl sites for hydroxylation is 4. The molecule has 0 N–H and O–H groups in total. The first kappa shape index (κ1) is 113. The van der Waals surface area contributed by atoms with Crippen molar-refractivity contribution < 1.29 is 25.1 Å². The van der Waals surface area contributed by atoms with Crippen molar-refractivity contribution in [2.24, 2.45) is 0 Å². The van der Waals surface area contributed by atoms with Crippen LogP contribution in [0.25, 0.3) is 16.9 Å². The van der Waals surface area contributed by atoms with Crippen molar-refractivity contribution in [3.63, 3.8) is 0 Å². The Labute approximate surface area is 739 Å². The summed E-state index contributed by atoms with van der Waals surface area (Å²) >= 11 is 0. The molecular weight excluding hydrogens is 1480 g/mol. The van der Waals surface area contributed by atoms with Crippen molar-refractivity contribution in [1.29, 1.82) is 0 Å². The minimum atomic E-state index is 0. The van der Waals surface area contributed by atoms with Crippen LogP contribution in [-0.2, 0) is 46.1 Å². The van der Waals surface area contributed by atoms with E-state index < -0.39 is 0 Å². The Morgan fingerprint density at radius 2 is 0.322 bits per heavy atom. The topological polar surface area (TPSA) is 25.3 Å². The zero-order valence-electron chi connectivity index (χ0n) is 79.9. The van der Waals surface area contributed by atoms with Gasteiger partial charge in [0.05, 0.1) is 0 Å². The number of allylic oxidation sites excluding steroid dienone is 2. The molecule has 0 atom stereocenters. The van der Waals surface area contributed by atoms with Gasteiger partial charge in [0.2, 0.25) is 11.4 Å². The van der Waals surface area contributed by atoms with E-state index in [1.807, 2.05) is 0 Å². The summed E-state index contributed by atoms with van der Waals surface area (Å²) in [6.07, 6.45) is 119. The zero-order valence-corrected chi connectivity index (χ0v) is 81.5. The minimum Gasteiger partial charge on any atom is -0.493 e. The molecule has 1 aliphatic rings. The monoisotopic (exact) mass is 1690 g/mol. The summed E-state index contributed by atoms with van der Waals surface area (Å²) in [4.78, 5) is 0. The van der Waals surface area contributed by atoms with Crippen LogP contribution < -0.4 is 0 Å². The van der Waals surface area contributed by atoms with Crippen molar-refractivity contribution in [2.75, 3.05) is 0 Å². The second-order valence-electron chi connectivity index (χ2n) is 37.0. The first-order valence-electron chi connectivity index (χ1n) is 53.1. The van der Waals surface area contributed by atoms with E-state index in [4.69, 9.17) is 0 Å². The van der Waals surface area contributed by atoms with E-state index in [9.17, 15) is 5.53 Å². The molecule has 3 heteroatoms. The number of benzene rings is 2. The molecule has 0 saturated carbocycles. The number of hydrogen-bond donors (Lipinski definition) is 0. The molecule has 674 valence electrons. The van der Waals surface area contributed by atoms with Crippen LogP contribution in [0.15, 0.2) is 47.5 Å². The van der Waals surface area contributed by atoms with Crippen LogP contribution in [0.5, 0.6) is 0 Å². The number of rotatable bonds is 86. The molecule has 1 aliphatic heterocycles. The summed E-state index contributed by atoms with van der Waals surface area (Å²) in [5.74, 6) is 0. The molecule has 0 aromatic heterocycles. The summed E-state index contributed by atoms with van der Waals surface area (Å²) in [6, 6.07) is 14.7. The van der Waals surface area contributed by atoms with Gasteiger partial charge in [0.1, 0.15) is 0 Å². The zero-order chi connectivity index (χ0) is 82.4. The molecule has 0 amide bonds. The molecule has 115 heavy (non-hydrogen) atoms. The maximum atomic E-state index is 12.7. The molecule has 0 aliphatic carbocycles. The number of hydrogen-bond acceptors (Lipinski definition) is 0. The van der Waals surface area contributed by atoms with E-state index in [0.717, 1.165) is 75.6 Å². The van der Waals surface area contributed by atoms with Gasteiger partial charge in [0.15, 0.2) is 0 Å². The maximum absolute atomic E-state index is 12.7. The summed E-state index contributed by atoms with van der Waals surface area (Å²) in [5, 5.41) is 0. The minimum absolute atomic E-state index is 0. The van der Waals surface area contributed by atoms with Crippen LogP contribution in [0.3, 0.4) is 0 Å². The summed E-state index contributed by atoms with van der Waals surface area (Å²) in [6.45, 7) is 26.3. The van der Waals surface area contributed by atoms with E-state index in [2.05, 4.69) is 106 Å². The first-order valence-corrected chi connectivity index (χ1v) is 53.1. The van der Waals surface area contributed by atoms with Gasteiger partial charge >= 0.3 is 20.4 Å². The van der Waals surface area contributed by atoms with Crippen molar-refractivity contribution in [3.8, 4) is 0 Å². The van der Waals surface area contributed by atoms with E-state index in [-0.39, 0.29) is 20.4 Å². The smallest absolute Gasteiger partial charge is 0.493 e. The quantitative estimate of drug-likeness (QED) is 0.0273. The predicted octanol–water partition coefficient (Wildman–Crippen LogP) is 40.8. The molecule has 1 heterocycles. The maximum Gasteiger partial charge on any atom is 2.00 e. The van der Waals surface area contributed by atoms with Crippen LogP contribution in [0, 0.1) is 13.8 Å². The SMILES string of the molecule is CCCCCCCCCCCCCCCCCCCCCCCCC1=C(c2cc(CCCC)cc(CCCC)c2)[N+](=[N-])C(c2cc(CCCC)cc(CCCC)c2)=C1CCCC.[CH2-]CCCCCCCCCCCCCCCCCCCCCCCCC.[CH2-]CCCCCCCCCCCCCCCCCCCCCCCCC.[Pd+2]. The Bertz CT molecular complexity index is 2220. The molecule has 0 spiro atoms. The second-order valence-corrected chi connectivity index (χ2v) is 37.0. The van der Waals surface area contributed by atoms with E-state index >= 15 is 0 Å². The molecule has 2 aromatic carbocycles. The van der Waals surface area contributed by atoms with Gasteiger partial charge in [0, 0.05) is 22.3 Å². The average molecular weight is 1690 g/mol. The van der Waals surface area contributed by atoms with Crippen LogP contribution in [0.2, 0.25) is 0 Å². The third-order valence-corrected chi connectivity index (χ3v) is 25.6. The van der Waals surface area contributed by atoms with Gasteiger partial charge in [-0.25, -0.2) is 4.70 Å². The van der Waals surface area contributed by atoms with Crippen LogP contribution in [0.1, 0.15) is 615 Å². The normalized spacial score (nSPS) is 12.2. The Morgan fingerprint density at radius 3 is 0.487 bits per heavy atom. The summed E-state index contributed by atoms with van der Waals surface area (Å²) in [5.41, 5.74) is 25.9. The van der Waals surface area contributed by atoms with Gasteiger partial charge in [-0.05, 0) is 124 Å². The van der Waals surface area contributed by atoms with Gasteiger partial charge in [0.25, 0.3) is 0 Å². The number of unbranched alkanes of at least 4 members (excludes halogenated alkanes) is 72. The molecule has 2 nitrogen and oxygen atoms in total. The van der Waals surface area contributed by atoms with Gasteiger partial charge < -0.3 is 19.4 Å². The molecule has 0 saturated heterocycles. The first-order chi connectivity index (χ1) is 56.3. The van der Waals surface area contributed by atoms with E-state index in [1.165, 1.54) is 533 Å². The Balaban J connectivity index is 0.00000202. The fourth-order valence-corrected chi connectivity index (χ4v) is 17.9. The van der Waals surface area contributed by atoms with Gasteiger partial charge in [-0.3, -0.25) is 0 Å². The van der Waals surface area contributed by atoms with Crippen molar-refractivity contribution in [1.82, 2.24) is 0 Å². The third-order valence-electron chi connectivity index (χ3n) is 25.6.